The second-order valence-electron chi connectivity index (χ2n) is 6.09. The molecule has 2 rings (SSSR count). The molecule has 0 fully saturated rings. The van der Waals surface area contributed by atoms with Crippen LogP contribution >= 0.6 is 0 Å². The average molecular weight is 340 g/mol. The maximum atomic E-state index is 12.2. The van der Waals surface area contributed by atoms with Crippen LogP contribution in [0.4, 0.5) is 17.1 Å². The van der Waals surface area contributed by atoms with Gasteiger partial charge in [0.1, 0.15) is 0 Å². The Morgan fingerprint density at radius 3 is 2.36 bits per heavy atom. The third-order valence-corrected chi connectivity index (χ3v) is 4.27. The zero-order valence-electron chi connectivity index (χ0n) is 15.5. The molecule has 1 aromatic carbocycles. The number of nitrogens with zero attached hydrogens (tertiary/aromatic N) is 2. The summed E-state index contributed by atoms with van der Waals surface area (Å²) in [6, 6.07) is 10.3. The highest BCUT2D eigenvalue weighted by atomic mass is 16.1. The van der Waals surface area contributed by atoms with E-state index in [0.29, 0.717) is 5.56 Å². The van der Waals surface area contributed by atoms with Gasteiger partial charge in [0.2, 0.25) is 0 Å². The quantitative estimate of drug-likeness (QED) is 0.756. The summed E-state index contributed by atoms with van der Waals surface area (Å²) >= 11 is 0. The van der Waals surface area contributed by atoms with Crippen LogP contribution in [-0.4, -0.2) is 30.0 Å². The summed E-state index contributed by atoms with van der Waals surface area (Å²) in [4.78, 5) is 18.7. The number of pyridine rings is 1. The number of rotatable bonds is 8. The van der Waals surface area contributed by atoms with Crippen LogP contribution in [0.2, 0.25) is 0 Å². The first-order valence-electron chi connectivity index (χ1n) is 8.95. The number of hydrogen-bond acceptors (Lipinski definition) is 4. The van der Waals surface area contributed by atoms with E-state index in [1.54, 1.807) is 12.4 Å². The second-order valence-corrected chi connectivity index (χ2v) is 6.09. The molecule has 1 amide bonds. The van der Waals surface area contributed by atoms with Crippen molar-refractivity contribution in [3.05, 3.63) is 48.3 Å². The molecule has 0 bridgehead atoms. The van der Waals surface area contributed by atoms with Gasteiger partial charge in [-0.25, -0.2) is 0 Å². The Morgan fingerprint density at radius 2 is 1.76 bits per heavy atom. The van der Waals surface area contributed by atoms with E-state index in [0.717, 1.165) is 30.9 Å². The minimum Gasteiger partial charge on any atom is -0.372 e. The molecule has 0 saturated carbocycles. The first-order valence-corrected chi connectivity index (χ1v) is 8.95. The van der Waals surface area contributed by atoms with Crippen LogP contribution in [0, 0.1) is 0 Å². The third-order valence-electron chi connectivity index (χ3n) is 4.27. The van der Waals surface area contributed by atoms with Crippen molar-refractivity contribution in [3.63, 3.8) is 0 Å². The lowest BCUT2D eigenvalue weighted by Crippen LogP contribution is -2.31. The Balaban J connectivity index is 2.08. The fourth-order valence-corrected chi connectivity index (χ4v) is 2.55. The van der Waals surface area contributed by atoms with Crippen molar-refractivity contribution in [2.45, 2.75) is 40.2 Å². The number of anilines is 3. The number of hydrogen-bond donors (Lipinski definition) is 2. The van der Waals surface area contributed by atoms with Crippen molar-refractivity contribution in [1.29, 1.82) is 0 Å². The maximum absolute atomic E-state index is 12.2. The Kier molecular flexibility index (Phi) is 6.81. The van der Waals surface area contributed by atoms with Gasteiger partial charge in [-0.1, -0.05) is 6.92 Å². The predicted octanol–water partition coefficient (Wildman–Crippen LogP) is 4.20. The van der Waals surface area contributed by atoms with Gasteiger partial charge in [-0.05, 0) is 57.5 Å². The minimum atomic E-state index is -0.0950. The summed E-state index contributed by atoms with van der Waals surface area (Å²) in [6.45, 7) is 10.3. The van der Waals surface area contributed by atoms with E-state index in [2.05, 4.69) is 46.5 Å². The fourth-order valence-electron chi connectivity index (χ4n) is 2.55. The summed E-state index contributed by atoms with van der Waals surface area (Å²) in [5.41, 5.74) is 3.53. The van der Waals surface area contributed by atoms with Crippen LogP contribution in [0.5, 0.6) is 0 Å². The molecule has 0 aliphatic rings. The van der Waals surface area contributed by atoms with E-state index < -0.39 is 0 Å². The molecule has 25 heavy (non-hydrogen) atoms. The molecule has 134 valence electrons. The molecule has 5 nitrogen and oxygen atoms in total. The number of aromatic nitrogens is 1. The van der Waals surface area contributed by atoms with Crippen LogP contribution in [0.3, 0.4) is 0 Å². The molecule has 1 aromatic heterocycles. The van der Waals surface area contributed by atoms with E-state index in [1.807, 2.05) is 32.0 Å². The first-order chi connectivity index (χ1) is 12.1. The first kappa shape index (κ1) is 18.8. The lowest BCUT2D eigenvalue weighted by Gasteiger charge is -2.21. The van der Waals surface area contributed by atoms with Crippen molar-refractivity contribution in [2.75, 3.05) is 23.3 Å². The number of benzene rings is 1. The van der Waals surface area contributed by atoms with E-state index >= 15 is 0 Å². The van der Waals surface area contributed by atoms with Crippen molar-refractivity contribution in [2.24, 2.45) is 0 Å². The third kappa shape index (κ3) is 5.21. The Bertz CT molecular complexity index is 680. The van der Waals surface area contributed by atoms with Crippen molar-refractivity contribution in [3.8, 4) is 0 Å². The van der Waals surface area contributed by atoms with Gasteiger partial charge < -0.3 is 15.5 Å². The monoisotopic (exact) mass is 340 g/mol. The summed E-state index contributed by atoms with van der Waals surface area (Å²) in [6.07, 6.45) is 4.21. The second kappa shape index (κ2) is 9.06. The lowest BCUT2D eigenvalue weighted by atomic mass is 10.2. The summed E-state index contributed by atoms with van der Waals surface area (Å²) in [5, 5.41) is 6.27. The standard InChI is InChI=1S/C20H28N4O/c1-5-15(4)22-20(25)16-12-18(14-21-13-16)23-17-8-10-19(11-9-17)24(6-2)7-3/h8-15,23H,5-7H2,1-4H3,(H,22,25). The molecule has 1 heterocycles. The highest BCUT2D eigenvalue weighted by Gasteiger charge is 2.10. The topological polar surface area (TPSA) is 57.3 Å². The van der Waals surface area contributed by atoms with Crippen LogP contribution in [-0.2, 0) is 0 Å². The summed E-state index contributed by atoms with van der Waals surface area (Å²) in [7, 11) is 0. The fraction of sp³-hybridized carbons (Fsp3) is 0.400. The van der Waals surface area contributed by atoms with Gasteiger partial charge in [0.15, 0.2) is 0 Å². The van der Waals surface area contributed by atoms with E-state index in [-0.39, 0.29) is 11.9 Å². The SMILES string of the molecule is CCC(C)NC(=O)c1cncc(Nc2ccc(N(CC)CC)cc2)c1. The molecule has 0 radical (unpaired) electrons. The van der Waals surface area contributed by atoms with Gasteiger partial charge in [0.25, 0.3) is 5.91 Å². The smallest absolute Gasteiger partial charge is 0.253 e. The number of amides is 1. The summed E-state index contributed by atoms with van der Waals surface area (Å²) < 4.78 is 0. The molecule has 2 aromatic rings. The molecule has 1 atom stereocenters. The Morgan fingerprint density at radius 1 is 1.08 bits per heavy atom. The largest absolute Gasteiger partial charge is 0.372 e. The molecule has 5 heteroatoms. The Labute approximate surface area is 150 Å². The normalized spacial score (nSPS) is 11.7. The van der Waals surface area contributed by atoms with Crippen LogP contribution in [0.25, 0.3) is 0 Å². The van der Waals surface area contributed by atoms with Gasteiger partial charge in [0.05, 0.1) is 17.4 Å². The van der Waals surface area contributed by atoms with E-state index in [4.69, 9.17) is 0 Å². The maximum Gasteiger partial charge on any atom is 0.253 e. The van der Waals surface area contributed by atoms with Gasteiger partial charge in [-0.3, -0.25) is 9.78 Å². The highest BCUT2D eigenvalue weighted by molar-refractivity contribution is 5.95. The van der Waals surface area contributed by atoms with Gasteiger partial charge >= 0.3 is 0 Å². The molecule has 0 spiro atoms. The average Bonchev–Trinajstić information content (AvgIpc) is 2.64. The number of nitrogens with one attached hydrogen (secondary N) is 2. The van der Waals surface area contributed by atoms with Crippen molar-refractivity contribution < 1.29 is 4.79 Å². The molecule has 1 unspecified atom stereocenters. The highest BCUT2D eigenvalue weighted by Crippen LogP contribution is 2.21. The van der Waals surface area contributed by atoms with Gasteiger partial charge in [-0.2, -0.15) is 0 Å². The van der Waals surface area contributed by atoms with Crippen molar-refractivity contribution in [1.82, 2.24) is 10.3 Å². The Hall–Kier alpha value is -2.56. The zero-order valence-corrected chi connectivity index (χ0v) is 15.5. The molecule has 0 saturated heterocycles. The van der Waals surface area contributed by atoms with E-state index in [1.165, 1.54) is 5.69 Å². The number of carbonyl (C=O) groups is 1. The molecular formula is C20H28N4O. The molecule has 2 N–H and O–H groups in total. The van der Waals surface area contributed by atoms with Crippen molar-refractivity contribution >= 4 is 23.0 Å². The number of carbonyl (C=O) groups excluding carboxylic acids is 1. The molecule has 0 aliphatic carbocycles. The van der Waals surface area contributed by atoms with Crippen LogP contribution in [0.15, 0.2) is 42.7 Å². The van der Waals surface area contributed by atoms with E-state index in [9.17, 15) is 4.79 Å². The predicted molar refractivity (Wildman–Crippen MR) is 105 cm³/mol. The summed E-state index contributed by atoms with van der Waals surface area (Å²) in [5.74, 6) is -0.0950. The molecular weight excluding hydrogens is 312 g/mol. The van der Waals surface area contributed by atoms with Gasteiger partial charge in [-0.15, -0.1) is 0 Å². The molecule has 0 aliphatic heterocycles. The van der Waals surface area contributed by atoms with Gasteiger partial charge in [0, 0.05) is 36.7 Å². The van der Waals surface area contributed by atoms with Crippen LogP contribution < -0.4 is 15.5 Å². The van der Waals surface area contributed by atoms with Crippen LogP contribution in [0.1, 0.15) is 44.5 Å². The zero-order chi connectivity index (χ0) is 18.2. The lowest BCUT2D eigenvalue weighted by molar-refractivity contribution is 0.0939. The minimum absolute atomic E-state index is 0.0950.